The summed E-state index contributed by atoms with van der Waals surface area (Å²) in [5.74, 6) is 1.13. The Bertz CT molecular complexity index is 1090. The zero-order chi connectivity index (χ0) is 19.2. The molecule has 1 aromatic heterocycles. The molecular weight excluding hydrogens is 354 g/mol. The molecule has 0 unspecified atom stereocenters. The van der Waals surface area contributed by atoms with Gasteiger partial charge in [0.2, 0.25) is 0 Å². The zero-order valence-corrected chi connectivity index (χ0v) is 14.9. The highest BCUT2D eigenvalue weighted by atomic mass is 16.5. The van der Waals surface area contributed by atoms with Gasteiger partial charge in [0.15, 0.2) is 0 Å². The van der Waals surface area contributed by atoms with Gasteiger partial charge in [-0.15, -0.1) is 0 Å². The van der Waals surface area contributed by atoms with E-state index in [9.17, 15) is 4.79 Å². The lowest BCUT2D eigenvalue weighted by atomic mass is 10.2. The summed E-state index contributed by atoms with van der Waals surface area (Å²) in [5, 5.41) is 12.5. The van der Waals surface area contributed by atoms with E-state index in [4.69, 9.17) is 4.74 Å². The van der Waals surface area contributed by atoms with E-state index in [0.717, 1.165) is 22.3 Å². The van der Waals surface area contributed by atoms with Crippen molar-refractivity contribution in [2.75, 3.05) is 0 Å². The van der Waals surface area contributed by atoms with Gasteiger partial charge in [0, 0.05) is 0 Å². The van der Waals surface area contributed by atoms with E-state index >= 15 is 0 Å². The number of benzene rings is 3. The molecule has 0 radical (unpaired) electrons. The number of hydrogen-bond donors (Lipinski definition) is 1. The Labute approximate surface area is 161 Å². The largest absolute Gasteiger partial charge is 0.457 e. The lowest BCUT2D eigenvalue weighted by molar-refractivity contribution is -0.122. The van der Waals surface area contributed by atoms with Gasteiger partial charge >= 0.3 is 0 Å². The molecule has 0 bridgehead atoms. The molecule has 0 atom stereocenters. The summed E-state index contributed by atoms with van der Waals surface area (Å²) in [6.45, 7) is -0.0107. The highest BCUT2D eigenvalue weighted by molar-refractivity contribution is 5.83. The first-order chi connectivity index (χ1) is 13.8. The van der Waals surface area contributed by atoms with Gasteiger partial charge in [0.1, 0.15) is 29.1 Å². The maximum Gasteiger partial charge on any atom is 0.263 e. The van der Waals surface area contributed by atoms with Crippen LogP contribution in [0.15, 0.2) is 84.0 Å². The second-order valence-electron chi connectivity index (χ2n) is 6.00. The third-order valence-corrected chi connectivity index (χ3v) is 3.85. The van der Waals surface area contributed by atoms with Crippen LogP contribution in [0, 0.1) is 0 Å². The molecule has 0 aliphatic carbocycles. The number of carbonyl (C=O) groups is 1. The summed E-state index contributed by atoms with van der Waals surface area (Å²) in [6.07, 6.45) is 1.56. The first-order valence-corrected chi connectivity index (χ1v) is 8.71. The molecule has 0 saturated heterocycles. The molecule has 138 valence electrons. The number of nitrogens with zero attached hydrogens (tertiary/aromatic N) is 4. The van der Waals surface area contributed by atoms with Crippen LogP contribution in [0.5, 0.6) is 11.5 Å². The molecule has 3 aromatic carbocycles. The van der Waals surface area contributed by atoms with Crippen LogP contribution in [0.25, 0.3) is 11.0 Å². The summed E-state index contributed by atoms with van der Waals surface area (Å²) in [6, 6.07) is 24.4. The minimum atomic E-state index is -0.312. The summed E-state index contributed by atoms with van der Waals surface area (Å²) in [4.78, 5) is 13.4. The molecule has 0 spiro atoms. The van der Waals surface area contributed by atoms with Crippen LogP contribution in [0.1, 0.15) is 5.56 Å². The fourth-order valence-electron chi connectivity index (χ4n) is 2.60. The molecule has 7 heteroatoms. The molecule has 4 aromatic rings. The molecule has 0 aliphatic heterocycles. The number of fused-ring (bicyclic) bond motifs is 1. The number of nitrogens with one attached hydrogen (secondary N) is 1. The summed E-state index contributed by atoms with van der Waals surface area (Å²) < 4.78 is 5.79. The number of para-hydroxylation sites is 1. The second kappa shape index (κ2) is 8.13. The first kappa shape index (κ1) is 17.4. The molecule has 7 nitrogen and oxygen atoms in total. The summed E-state index contributed by atoms with van der Waals surface area (Å²) in [5.41, 5.74) is 4.77. The van der Waals surface area contributed by atoms with Gasteiger partial charge in [0.25, 0.3) is 5.91 Å². The number of carbonyl (C=O) groups excluding carboxylic acids is 1. The minimum absolute atomic E-state index is 0.0107. The standard InChI is InChI=1S/C21H17N5O2/c27-21(15-26-24-19-11-4-5-12-20(19)25-26)23-22-14-16-7-6-10-18(13-16)28-17-8-2-1-3-9-17/h1-14H,15H2,(H,23,27)/b22-14-. The maximum absolute atomic E-state index is 12.0. The Kier molecular flexibility index (Phi) is 5.06. The molecule has 0 aliphatic rings. The van der Waals surface area contributed by atoms with Crippen LogP contribution in [0.3, 0.4) is 0 Å². The Balaban J connectivity index is 1.35. The Morgan fingerprint density at radius 3 is 2.36 bits per heavy atom. The average Bonchev–Trinajstić information content (AvgIpc) is 3.11. The number of amides is 1. The molecule has 4 rings (SSSR count). The van der Waals surface area contributed by atoms with Gasteiger partial charge in [0.05, 0.1) is 6.21 Å². The Morgan fingerprint density at radius 2 is 1.61 bits per heavy atom. The normalized spacial score (nSPS) is 11.0. The van der Waals surface area contributed by atoms with Gasteiger partial charge in [-0.05, 0) is 42.0 Å². The van der Waals surface area contributed by atoms with Crippen molar-refractivity contribution in [1.82, 2.24) is 20.4 Å². The maximum atomic E-state index is 12.0. The van der Waals surface area contributed by atoms with Crippen LogP contribution >= 0.6 is 0 Å². The topological polar surface area (TPSA) is 81.4 Å². The van der Waals surface area contributed by atoms with Gasteiger partial charge in [-0.3, -0.25) is 4.79 Å². The average molecular weight is 371 g/mol. The molecule has 1 N–H and O–H groups in total. The molecule has 28 heavy (non-hydrogen) atoms. The molecule has 1 heterocycles. The predicted octanol–water partition coefficient (Wildman–Crippen LogP) is 3.37. The number of rotatable bonds is 6. The lowest BCUT2D eigenvalue weighted by Crippen LogP contribution is -2.24. The van der Waals surface area contributed by atoms with E-state index in [1.54, 1.807) is 6.21 Å². The predicted molar refractivity (Wildman–Crippen MR) is 106 cm³/mol. The quantitative estimate of drug-likeness (QED) is 0.416. The van der Waals surface area contributed by atoms with Crippen molar-refractivity contribution in [3.05, 3.63) is 84.4 Å². The van der Waals surface area contributed by atoms with Crippen molar-refractivity contribution < 1.29 is 9.53 Å². The number of aromatic nitrogens is 3. The van der Waals surface area contributed by atoms with Crippen molar-refractivity contribution in [3.63, 3.8) is 0 Å². The van der Waals surface area contributed by atoms with Gasteiger partial charge in [-0.25, -0.2) is 5.43 Å². The molecule has 0 saturated carbocycles. The van der Waals surface area contributed by atoms with Crippen LogP contribution in [0.2, 0.25) is 0 Å². The number of hydrazone groups is 1. The first-order valence-electron chi connectivity index (χ1n) is 8.71. The third-order valence-electron chi connectivity index (χ3n) is 3.85. The van der Waals surface area contributed by atoms with Crippen molar-refractivity contribution in [2.45, 2.75) is 6.54 Å². The highest BCUT2D eigenvalue weighted by Gasteiger charge is 2.06. The van der Waals surface area contributed by atoms with Crippen LogP contribution < -0.4 is 10.2 Å². The molecule has 1 amide bonds. The van der Waals surface area contributed by atoms with Gasteiger partial charge < -0.3 is 4.74 Å². The van der Waals surface area contributed by atoms with Crippen LogP contribution in [-0.4, -0.2) is 27.1 Å². The van der Waals surface area contributed by atoms with E-state index in [0.29, 0.717) is 5.75 Å². The second-order valence-corrected chi connectivity index (χ2v) is 6.00. The Hall–Kier alpha value is -4.00. The Morgan fingerprint density at radius 1 is 0.929 bits per heavy atom. The van der Waals surface area contributed by atoms with E-state index in [2.05, 4.69) is 20.7 Å². The van der Waals surface area contributed by atoms with Gasteiger partial charge in [-0.2, -0.15) is 20.1 Å². The lowest BCUT2D eigenvalue weighted by Gasteiger charge is -2.05. The van der Waals surface area contributed by atoms with Crippen molar-refractivity contribution in [2.24, 2.45) is 5.10 Å². The van der Waals surface area contributed by atoms with Crippen LogP contribution in [-0.2, 0) is 11.3 Å². The van der Waals surface area contributed by atoms with E-state index in [-0.39, 0.29) is 12.5 Å². The molecule has 0 fully saturated rings. The third kappa shape index (κ3) is 4.39. The molecular formula is C21H17N5O2. The SMILES string of the molecule is O=C(Cn1nc2ccccc2n1)N/N=C\c1cccc(Oc2ccccc2)c1. The minimum Gasteiger partial charge on any atom is -0.457 e. The van der Waals surface area contributed by atoms with Crippen molar-refractivity contribution in [3.8, 4) is 11.5 Å². The zero-order valence-electron chi connectivity index (χ0n) is 14.9. The monoisotopic (exact) mass is 371 g/mol. The fraction of sp³-hybridized carbons (Fsp3) is 0.0476. The number of hydrogen-bond acceptors (Lipinski definition) is 5. The fourth-order valence-corrected chi connectivity index (χ4v) is 2.60. The van der Waals surface area contributed by atoms with Crippen LogP contribution in [0.4, 0.5) is 0 Å². The van der Waals surface area contributed by atoms with Crippen molar-refractivity contribution >= 4 is 23.2 Å². The number of ether oxygens (including phenoxy) is 1. The summed E-state index contributed by atoms with van der Waals surface area (Å²) in [7, 11) is 0. The van der Waals surface area contributed by atoms with E-state index < -0.39 is 0 Å². The van der Waals surface area contributed by atoms with E-state index in [1.165, 1.54) is 4.80 Å². The summed E-state index contributed by atoms with van der Waals surface area (Å²) >= 11 is 0. The van der Waals surface area contributed by atoms with Gasteiger partial charge in [-0.1, -0.05) is 42.5 Å². The smallest absolute Gasteiger partial charge is 0.263 e. The highest BCUT2D eigenvalue weighted by Crippen LogP contribution is 2.21. The van der Waals surface area contributed by atoms with E-state index in [1.807, 2.05) is 78.9 Å². The van der Waals surface area contributed by atoms with Crippen molar-refractivity contribution in [1.29, 1.82) is 0 Å².